The molecule has 2 rings (SSSR count). The number of nitrogens with one attached hydrogen (secondary N) is 2. The highest BCUT2D eigenvalue weighted by Gasteiger charge is 2.30. The Kier molecular flexibility index (Phi) is 7.02. The predicted molar refractivity (Wildman–Crippen MR) is 82.7 cm³/mol. The van der Waals surface area contributed by atoms with E-state index in [1.165, 1.54) is 0 Å². The molecule has 2 saturated heterocycles. The van der Waals surface area contributed by atoms with Crippen LogP contribution in [0.3, 0.4) is 0 Å². The van der Waals surface area contributed by atoms with Gasteiger partial charge in [0.05, 0.1) is 0 Å². The average molecular weight is 340 g/mol. The molecule has 2 atom stereocenters. The number of hydrogen-bond donors (Lipinski definition) is 2. The van der Waals surface area contributed by atoms with E-state index in [4.69, 9.17) is 9.47 Å². The fourth-order valence-corrected chi connectivity index (χ4v) is 2.67. The van der Waals surface area contributed by atoms with E-state index in [0.29, 0.717) is 38.8 Å². The molecule has 24 heavy (non-hydrogen) atoms. The Morgan fingerprint density at radius 2 is 1.21 bits per heavy atom. The van der Waals surface area contributed by atoms with Gasteiger partial charge in [0.25, 0.3) is 11.8 Å². The molecule has 0 aromatic heterocycles. The van der Waals surface area contributed by atoms with Crippen LogP contribution in [0.2, 0.25) is 0 Å². The topological polar surface area (TPSA) is 111 Å². The monoisotopic (exact) mass is 340 g/mol. The van der Waals surface area contributed by atoms with Crippen molar-refractivity contribution in [3.63, 3.8) is 0 Å². The Morgan fingerprint density at radius 3 is 1.54 bits per heavy atom. The van der Waals surface area contributed by atoms with Gasteiger partial charge in [-0.1, -0.05) is 12.8 Å². The minimum absolute atomic E-state index is 0.223. The smallest absolute Gasteiger partial charge is 0.306 e. The number of cyclic esters (lactones) is 2. The van der Waals surface area contributed by atoms with Crippen molar-refractivity contribution in [1.82, 2.24) is 10.6 Å². The van der Waals surface area contributed by atoms with Crippen molar-refractivity contribution in [3.8, 4) is 0 Å². The van der Waals surface area contributed by atoms with E-state index < -0.39 is 12.2 Å². The molecule has 0 aliphatic carbocycles. The molecule has 8 nitrogen and oxygen atoms in total. The lowest BCUT2D eigenvalue weighted by Crippen LogP contribution is -2.35. The first-order valence-electron chi connectivity index (χ1n) is 8.50. The third kappa shape index (κ3) is 5.82. The van der Waals surface area contributed by atoms with Crippen molar-refractivity contribution in [2.75, 3.05) is 13.1 Å². The molecule has 0 unspecified atom stereocenters. The maximum Gasteiger partial charge on any atom is 0.306 e. The number of unbranched alkanes of at least 4 members (excludes halogenated alkanes) is 3. The molecule has 0 spiro atoms. The Morgan fingerprint density at radius 1 is 0.792 bits per heavy atom. The SMILES string of the molecule is O=C1CC[C@@H](C(=O)NCCCCCCNC(=O)[C@@H]2CCC(=O)O2)O1. The second kappa shape index (κ2) is 9.24. The molecule has 0 bridgehead atoms. The van der Waals surface area contributed by atoms with E-state index in [9.17, 15) is 19.2 Å². The van der Waals surface area contributed by atoms with Crippen LogP contribution < -0.4 is 10.6 Å². The van der Waals surface area contributed by atoms with Crippen LogP contribution in [0.4, 0.5) is 0 Å². The van der Waals surface area contributed by atoms with Crippen molar-refractivity contribution in [2.45, 2.75) is 63.6 Å². The summed E-state index contributed by atoms with van der Waals surface area (Å²) in [6.07, 6.45) is 3.81. The minimum Gasteiger partial charge on any atom is -0.452 e. The van der Waals surface area contributed by atoms with Crippen LogP contribution in [0.15, 0.2) is 0 Å². The van der Waals surface area contributed by atoms with Gasteiger partial charge in [0, 0.05) is 38.8 Å². The highest BCUT2D eigenvalue weighted by molar-refractivity contribution is 5.86. The summed E-state index contributed by atoms with van der Waals surface area (Å²) in [4.78, 5) is 45.2. The predicted octanol–water partition coefficient (Wildman–Crippen LogP) is 0.190. The summed E-state index contributed by atoms with van der Waals surface area (Å²) >= 11 is 0. The molecule has 134 valence electrons. The van der Waals surface area contributed by atoms with Crippen LogP contribution in [0.1, 0.15) is 51.4 Å². The first-order chi connectivity index (χ1) is 11.6. The van der Waals surface area contributed by atoms with Crippen molar-refractivity contribution in [2.24, 2.45) is 0 Å². The van der Waals surface area contributed by atoms with Gasteiger partial charge in [-0.15, -0.1) is 0 Å². The largest absolute Gasteiger partial charge is 0.452 e. The van der Waals surface area contributed by atoms with Crippen LogP contribution in [0, 0.1) is 0 Å². The third-order valence-electron chi connectivity index (χ3n) is 4.06. The Labute approximate surface area is 140 Å². The van der Waals surface area contributed by atoms with Gasteiger partial charge in [-0.25, -0.2) is 0 Å². The second-order valence-electron chi connectivity index (χ2n) is 6.03. The highest BCUT2D eigenvalue weighted by Crippen LogP contribution is 2.14. The number of ether oxygens (including phenoxy) is 2. The maximum atomic E-state index is 11.7. The van der Waals surface area contributed by atoms with E-state index in [1.54, 1.807) is 0 Å². The molecule has 2 aliphatic heterocycles. The van der Waals surface area contributed by atoms with Gasteiger partial charge < -0.3 is 20.1 Å². The van der Waals surface area contributed by atoms with E-state index in [0.717, 1.165) is 25.7 Å². The number of amides is 2. The van der Waals surface area contributed by atoms with Gasteiger partial charge in [-0.05, 0) is 12.8 Å². The first-order valence-corrected chi connectivity index (χ1v) is 8.50. The Hall–Kier alpha value is -2.12. The van der Waals surface area contributed by atoms with E-state index >= 15 is 0 Å². The van der Waals surface area contributed by atoms with E-state index in [1.807, 2.05) is 0 Å². The molecule has 8 heteroatoms. The highest BCUT2D eigenvalue weighted by atomic mass is 16.6. The van der Waals surface area contributed by atoms with Crippen LogP contribution in [0.5, 0.6) is 0 Å². The summed E-state index contributed by atoms with van der Waals surface area (Å²) in [7, 11) is 0. The van der Waals surface area contributed by atoms with Crippen LogP contribution in [-0.4, -0.2) is 49.1 Å². The number of hydrogen-bond acceptors (Lipinski definition) is 6. The zero-order chi connectivity index (χ0) is 17.4. The summed E-state index contributed by atoms with van der Waals surface area (Å²) in [5.74, 6) is -1.08. The van der Waals surface area contributed by atoms with Gasteiger partial charge >= 0.3 is 11.9 Å². The van der Waals surface area contributed by atoms with Gasteiger partial charge in [0.2, 0.25) is 0 Å². The summed E-state index contributed by atoms with van der Waals surface area (Å²) < 4.78 is 9.76. The van der Waals surface area contributed by atoms with Crippen LogP contribution >= 0.6 is 0 Å². The average Bonchev–Trinajstić information content (AvgIpc) is 3.18. The molecule has 0 saturated carbocycles. The zero-order valence-electron chi connectivity index (χ0n) is 13.7. The minimum atomic E-state index is -0.627. The summed E-state index contributed by atoms with van der Waals surface area (Å²) in [6.45, 7) is 1.11. The lowest BCUT2D eigenvalue weighted by molar-refractivity contribution is -0.148. The Bertz CT molecular complexity index is 449. The molecule has 2 aliphatic rings. The summed E-state index contributed by atoms with van der Waals surface area (Å²) in [5.41, 5.74) is 0. The van der Waals surface area contributed by atoms with E-state index in [2.05, 4.69) is 10.6 Å². The molecular weight excluding hydrogens is 316 g/mol. The normalized spacial score (nSPS) is 22.8. The van der Waals surface area contributed by atoms with Gasteiger partial charge in [-0.3, -0.25) is 19.2 Å². The standard InChI is InChI=1S/C16H24N2O6/c19-13-7-5-11(23-13)15(21)17-9-3-1-2-4-10-18-16(22)12-6-8-14(20)24-12/h11-12H,1-10H2,(H,17,21)(H,18,22)/t11-,12-/m0/s1. The summed E-state index contributed by atoms with van der Waals surface area (Å²) in [6, 6.07) is 0. The molecular formula is C16H24N2O6. The van der Waals surface area contributed by atoms with Gasteiger partial charge in [0.15, 0.2) is 12.2 Å². The Balaban J connectivity index is 1.41. The fourth-order valence-electron chi connectivity index (χ4n) is 2.67. The third-order valence-corrected chi connectivity index (χ3v) is 4.06. The number of rotatable bonds is 9. The maximum absolute atomic E-state index is 11.7. The van der Waals surface area contributed by atoms with Crippen molar-refractivity contribution >= 4 is 23.8 Å². The summed E-state index contributed by atoms with van der Waals surface area (Å²) in [5, 5.41) is 5.52. The second-order valence-corrected chi connectivity index (χ2v) is 6.03. The molecule has 2 N–H and O–H groups in total. The molecule has 0 radical (unpaired) electrons. The lowest BCUT2D eigenvalue weighted by atomic mass is 10.1. The van der Waals surface area contributed by atoms with Crippen molar-refractivity contribution in [3.05, 3.63) is 0 Å². The molecule has 2 amide bonds. The van der Waals surface area contributed by atoms with Gasteiger partial charge in [-0.2, -0.15) is 0 Å². The van der Waals surface area contributed by atoms with E-state index in [-0.39, 0.29) is 23.8 Å². The fraction of sp³-hybridized carbons (Fsp3) is 0.750. The molecule has 2 heterocycles. The zero-order valence-corrected chi connectivity index (χ0v) is 13.7. The lowest BCUT2D eigenvalue weighted by Gasteiger charge is -2.11. The number of carbonyl (C=O) groups excluding carboxylic acids is 4. The first kappa shape index (κ1) is 18.2. The molecule has 0 aromatic carbocycles. The van der Waals surface area contributed by atoms with Crippen LogP contribution in [0.25, 0.3) is 0 Å². The van der Waals surface area contributed by atoms with Crippen LogP contribution in [-0.2, 0) is 28.7 Å². The molecule has 0 aromatic rings. The van der Waals surface area contributed by atoms with Crippen molar-refractivity contribution in [1.29, 1.82) is 0 Å². The number of esters is 2. The molecule has 2 fully saturated rings. The quantitative estimate of drug-likeness (QED) is 0.458. The van der Waals surface area contributed by atoms with Crippen molar-refractivity contribution < 1.29 is 28.7 Å². The number of carbonyl (C=O) groups is 4. The van der Waals surface area contributed by atoms with Gasteiger partial charge in [0.1, 0.15) is 0 Å².